The molecule has 2 aromatic carbocycles. The van der Waals surface area contributed by atoms with Gasteiger partial charge in [0.2, 0.25) is 0 Å². The molecule has 37 heavy (non-hydrogen) atoms. The van der Waals surface area contributed by atoms with Crippen LogP contribution in [-0.2, 0) is 12.8 Å². The molecular formula is C33H40F3N. The minimum Gasteiger partial charge on any atom is -0.207 e. The van der Waals surface area contributed by atoms with Crippen molar-refractivity contribution < 1.29 is 13.2 Å². The molecule has 198 valence electrons. The number of nitrogens with zero attached hydrogens (tertiary/aromatic N) is 1. The molecule has 1 nitrogen and oxygen atoms in total. The standard InChI is InChI=1S/C33H40F3N/c1-2-3-4-23-5-7-24(8-6-23)9-10-26-14-18-28(31(34)19-26)17-13-25-11-15-27(16-12-25)29-20-32(35)30(22-37)33(36)21-29/h2,14,18-21,23-25,27H,1,3-13,15-17H2. The van der Waals surface area contributed by atoms with Crippen LogP contribution in [0.3, 0.4) is 0 Å². The summed E-state index contributed by atoms with van der Waals surface area (Å²) >= 11 is 0. The molecule has 0 aliphatic heterocycles. The Morgan fingerprint density at radius 1 is 0.757 bits per heavy atom. The number of benzene rings is 2. The van der Waals surface area contributed by atoms with Crippen LogP contribution in [0.1, 0.15) is 105 Å². The molecule has 2 aliphatic rings. The van der Waals surface area contributed by atoms with Crippen molar-refractivity contribution in [1.82, 2.24) is 0 Å². The van der Waals surface area contributed by atoms with E-state index in [9.17, 15) is 13.2 Å². The van der Waals surface area contributed by atoms with Gasteiger partial charge in [0.25, 0.3) is 0 Å². The molecule has 0 heterocycles. The van der Waals surface area contributed by atoms with Crippen molar-refractivity contribution >= 4 is 0 Å². The monoisotopic (exact) mass is 507 g/mol. The largest absolute Gasteiger partial charge is 0.207 e. The Morgan fingerprint density at radius 2 is 1.32 bits per heavy atom. The number of allylic oxidation sites excluding steroid dienone is 1. The highest BCUT2D eigenvalue weighted by Crippen LogP contribution is 2.39. The van der Waals surface area contributed by atoms with Crippen molar-refractivity contribution in [3.8, 4) is 6.07 Å². The minimum atomic E-state index is -0.773. The lowest BCUT2D eigenvalue weighted by Gasteiger charge is -2.29. The Bertz CT molecular complexity index is 1060. The highest BCUT2D eigenvalue weighted by Gasteiger charge is 2.25. The highest BCUT2D eigenvalue weighted by molar-refractivity contribution is 5.36. The lowest BCUT2D eigenvalue weighted by atomic mass is 9.76. The summed E-state index contributed by atoms with van der Waals surface area (Å²) in [7, 11) is 0. The molecule has 0 radical (unpaired) electrons. The summed E-state index contributed by atoms with van der Waals surface area (Å²) in [6.07, 6.45) is 17.2. The number of nitriles is 1. The fraction of sp³-hybridized carbons (Fsp3) is 0.545. The second-order valence-corrected chi connectivity index (χ2v) is 11.4. The molecule has 4 rings (SSSR count). The second kappa shape index (κ2) is 13.3. The van der Waals surface area contributed by atoms with Gasteiger partial charge in [-0.05, 0) is 123 Å². The average molecular weight is 508 g/mol. The number of aryl methyl sites for hydroxylation is 2. The zero-order valence-electron chi connectivity index (χ0n) is 22.0. The molecule has 0 spiro atoms. The zero-order chi connectivity index (χ0) is 26.2. The van der Waals surface area contributed by atoms with E-state index in [1.54, 1.807) is 12.1 Å². The first-order chi connectivity index (χ1) is 18.0. The molecule has 0 saturated heterocycles. The van der Waals surface area contributed by atoms with Gasteiger partial charge in [-0.15, -0.1) is 6.58 Å². The molecule has 0 atom stereocenters. The molecule has 2 aliphatic carbocycles. The molecule has 2 saturated carbocycles. The van der Waals surface area contributed by atoms with Gasteiger partial charge in [-0.1, -0.05) is 43.9 Å². The maximum absolute atomic E-state index is 14.9. The van der Waals surface area contributed by atoms with E-state index in [-0.39, 0.29) is 11.7 Å². The van der Waals surface area contributed by atoms with Crippen LogP contribution in [-0.4, -0.2) is 0 Å². The number of hydrogen-bond donors (Lipinski definition) is 0. The topological polar surface area (TPSA) is 23.8 Å². The summed E-state index contributed by atoms with van der Waals surface area (Å²) in [5.41, 5.74) is 2.05. The molecule has 0 amide bonds. The SMILES string of the molecule is C=CCCC1CCC(CCc2ccc(CCC3CCC(c4cc(F)c(C#N)c(F)c4)CC3)c(F)c2)CC1. The predicted molar refractivity (Wildman–Crippen MR) is 144 cm³/mol. The quantitative estimate of drug-likeness (QED) is 0.294. The van der Waals surface area contributed by atoms with E-state index >= 15 is 0 Å². The van der Waals surface area contributed by atoms with Gasteiger partial charge < -0.3 is 0 Å². The maximum Gasteiger partial charge on any atom is 0.144 e. The minimum absolute atomic E-state index is 0.0807. The Kier molecular flexibility index (Phi) is 9.89. The van der Waals surface area contributed by atoms with Gasteiger partial charge in [-0.3, -0.25) is 0 Å². The average Bonchev–Trinajstić information content (AvgIpc) is 2.91. The lowest BCUT2D eigenvalue weighted by Crippen LogP contribution is -2.15. The molecule has 0 bridgehead atoms. The van der Waals surface area contributed by atoms with Gasteiger partial charge >= 0.3 is 0 Å². The summed E-state index contributed by atoms with van der Waals surface area (Å²) < 4.78 is 42.9. The summed E-state index contributed by atoms with van der Waals surface area (Å²) in [4.78, 5) is 0. The molecular weight excluding hydrogens is 467 g/mol. The van der Waals surface area contributed by atoms with Crippen LogP contribution in [0, 0.1) is 46.5 Å². The van der Waals surface area contributed by atoms with Gasteiger partial charge in [-0.25, -0.2) is 13.2 Å². The van der Waals surface area contributed by atoms with Crippen LogP contribution >= 0.6 is 0 Å². The fourth-order valence-corrected chi connectivity index (χ4v) is 6.56. The fourth-order valence-electron chi connectivity index (χ4n) is 6.56. The number of rotatable bonds is 10. The van der Waals surface area contributed by atoms with Crippen LogP contribution in [0.15, 0.2) is 43.0 Å². The van der Waals surface area contributed by atoms with E-state index in [1.165, 1.54) is 44.2 Å². The molecule has 0 aromatic heterocycles. The van der Waals surface area contributed by atoms with Crippen molar-refractivity contribution in [1.29, 1.82) is 5.26 Å². The smallest absolute Gasteiger partial charge is 0.144 e. The normalized spacial score (nSPS) is 23.9. The molecule has 2 aromatic rings. The molecule has 0 N–H and O–H groups in total. The van der Waals surface area contributed by atoms with Crippen LogP contribution in [0.25, 0.3) is 0 Å². The lowest BCUT2D eigenvalue weighted by molar-refractivity contribution is 0.254. The Hall–Kier alpha value is -2.54. The van der Waals surface area contributed by atoms with Gasteiger partial charge in [0.05, 0.1) is 0 Å². The van der Waals surface area contributed by atoms with Crippen molar-refractivity contribution in [2.75, 3.05) is 0 Å². The molecule has 4 heteroatoms. The first-order valence-electron chi connectivity index (χ1n) is 14.2. The third-order valence-corrected chi connectivity index (χ3v) is 9.02. The summed E-state index contributed by atoms with van der Waals surface area (Å²) in [5.74, 6) is 0.632. The Labute approximate surface area is 220 Å². The van der Waals surface area contributed by atoms with Crippen LogP contribution in [0.4, 0.5) is 13.2 Å². The van der Waals surface area contributed by atoms with Crippen LogP contribution < -0.4 is 0 Å². The van der Waals surface area contributed by atoms with E-state index in [0.29, 0.717) is 11.5 Å². The van der Waals surface area contributed by atoms with Crippen LogP contribution in [0.5, 0.6) is 0 Å². The van der Waals surface area contributed by atoms with E-state index in [1.807, 2.05) is 12.1 Å². The number of hydrogen-bond acceptors (Lipinski definition) is 1. The maximum atomic E-state index is 14.9. The van der Waals surface area contributed by atoms with Gasteiger partial charge in [0, 0.05) is 0 Å². The summed E-state index contributed by atoms with van der Waals surface area (Å²) in [6, 6.07) is 10.1. The van der Waals surface area contributed by atoms with Gasteiger partial charge in [-0.2, -0.15) is 5.26 Å². The second-order valence-electron chi connectivity index (χ2n) is 11.4. The predicted octanol–water partition coefficient (Wildman–Crippen LogP) is 9.59. The molecule has 2 fully saturated rings. The van der Waals surface area contributed by atoms with Crippen molar-refractivity contribution in [3.05, 3.63) is 82.7 Å². The first kappa shape index (κ1) is 27.5. The van der Waals surface area contributed by atoms with Crippen molar-refractivity contribution in [2.24, 2.45) is 17.8 Å². The third-order valence-electron chi connectivity index (χ3n) is 9.02. The van der Waals surface area contributed by atoms with E-state index in [4.69, 9.17) is 5.26 Å². The summed E-state index contributed by atoms with van der Waals surface area (Å²) in [6.45, 7) is 3.83. The third kappa shape index (κ3) is 7.50. The van der Waals surface area contributed by atoms with Crippen LogP contribution in [0.2, 0.25) is 0 Å². The van der Waals surface area contributed by atoms with Gasteiger partial charge in [0.1, 0.15) is 29.1 Å². The Morgan fingerprint density at radius 3 is 1.89 bits per heavy atom. The van der Waals surface area contributed by atoms with Crippen molar-refractivity contribution in [3.63, 3.8) is 0 Å². The van der Waals surface area contributed by atoms with E-state index < -0.39 is 17.2 Å². The highest BCUT2D eigenvalue weighted by atomic mass is 19.1. The summed E-state index contributed by atoms with van der Waals surface area (Å²) in [5, 5.41) is 8.87. The van der Waals surface area contributed by atoms with E-state index in [2.05, 4.69) is 12.6 Å². The zero-order valence-corrected chi connectivity index (χ0v) is 22.0. The number of halogens is 3. The van der Waals surface area contributed by atoms with Crippen molar-refractivity contribution in [2.45, 2.75) is 95.8 Å². The van der Waals surface area contributed by atoms with E-state index in [0.717, 1.165) is 80.8 Å². The van der Waals surface area contributed by atoms with Gasteiger partial charge in [0.15, 0.2) is 0 Å². The first-order valence-corrected chi connectivity index (χ1v) is 14.2. The molecule has 0 unspecified atom stereocenters. The Balaban J connectivity index is 1.19.